The summed E-state index contributed by atoms with van der Waals surface area (Å²) in [5.41, 5.74) is 13.0. The molecule has 0 aliphatic heterocycles. The van der Waals surface area contributed by atoms with E-state index < -0.39 is 5.91 Å². The number of hydrogen-bond acceptors (Lipinski definition) is 5. The molecule has 0 unspecified atom stereocenters. The first-order valence-corrected chi connectivity index (χ1v) is 8.35. The molecule has 1 heterocycles. The van der Waals surface area contributed by atoms with Crippen LogP contribution in [0.4, 0.5) is 5.95 Å². The highest BCUT2D eigenvalue weighted by Crippen LogP contribution is 2.28. The first-order valence-electron chi connectivity index (χ1n) is 7.98. The quantitative estimate of drug-likeness (QED) is 0.789. The summed E-state index contributed by atoms with van der Waals surface area (Å²) in [7, 11) is 0. The molecule has 0 bridgehead atoms. The number of nitrogens with two attached hydrogens (primary N) is 2. The number of carbonyl (C=O) groups is 1. The molecule has 0 atom stereocenters. The minimum absolute atomic E-state index is 0.293. The van der Waals surface area contributed by atoms with Gasteiger partial charge in [-0.15, -0.1) is 0 Å². The van der Waals surface area contributed by atoms with Gasteiger partial charge in [0.05, 0.1) is 16.9 Å². The van der Waals surface area contributed by atoms with E-state index in [1.165, 1.54) is 0 Å². The second-order valence-electron chi connectivity index (χ2n) is 6.09. The van der Waals surface area contributed by atoms with Gasteiger partial charge in [0.1, 0.15) is 0 Å². The molecule has 7 heteroatoms. The first kappa shape index (κ1) is 16.7. The van der Waals surface area contributed by atoms with Crippen LogP contribution >= 0.6 is 11.6 Å². The van der Waals surface area contributed by atoms with Crippen molar-refractivity contribution in [2.75, 3.05) is 5.32 Å². The zero-order chi connectivity index (χ0) is 17.1. The summed E-state index contributed by atoms with van der Waals surface area (Å²) in [6, 6.07) is 7.54. The number of aromatic nitrogens is 2. The van der Waals surface area contributed by atoms with Crippen LogP contribution in [0.25, 0.3) is 11.3 Å². The third-order valence-corrected chi connectivity index (χ3v) is 4.55. The maximum absolute atomic E-state index is 11.4. The van der Waals surface area contributed by atoms with Crippen LogP contribution in [0.5, 0.6) is 0 Å². The second kappa shape index (κ2) is 7.15. The fourth-order valence-corrected chi connectivity index (χ4v) is 3.11. The number of amides is 1. The molecule has 1 fully saturated rings. The maximum Gasteiger partial charge on any atom is 0.248 e. The largest absolute Gasteiger partial charge is 0.366 e. The molecule has 2 aromatic rings. The molecule has 1 saturated carbocycles. The van der Waals surface area contributed by atoms with Crippen LogP contribution in [0.15, 0.2) is 30.5 Å². The molecular weight excluding hydrogens is 326 g/mol. The lowest BCUT2D eigenvalue weighted by Gasteiger charge is -2.26. The van der Waals surface area contributed by atoms with Gasteiger partial charge >= 0.3 is 0 Å². The van der Waals surface area contributed by atoms with Gasteiger partial charge in [0.2, 0.25) is 11.9 Å². The first-order chi connectivity index (χ1) is 11.5. The van der Waals surface area contributed by atoms with Crippen molar-refractivity contribution in [3.63, 3.8) is 0 Å². The molecule has 0 saturated heterocycles. The molecule has 1 aliphatic rings. The Kier molecular flexibility index (Phi) is 4.97. The summed E-state index contributed by atoms with van der Waals surface area (Å²) < 4.78 is 0. The topological polar surface area (TPSA) is 107 Å². The highest BCUT2D eigenvalue weighted by molar-refractivity contribution is 6.32. The van der Waals surface area contributed by atoms with E-state index >= 15 is 0 Å². The summed E-state index contributed by atoms with van der Waals surface area (Å²) in [6.07, 6.45) is 5.56. The van der Waals surface area contributed by atoms with Crippen molar-refractivity contribution in [2.45, 2.75) is 37.8 Å². The van der Waals surface area contributed by atoms with Crippen LogP contribution in [0.2, 0.25) is 5.02 Å². The third-order valence-electron chi connectivity index (χ3n) is 4.27. The molecule has 1 aliphatic carbocycles. The lowest BCUT2D eigenvalue weighted by atomic mass is 9.92. The Morgan fingerprint density at radius 2 is 2.00 bits per heavy atom. The van der Waals surface area contributed by atoms with Gasteiger partial charge in [-0.3, -0.25) is 4.79 Å². The average Bonchev–Trinajstić information content (AvgIpc) is 2.58. The number of halogens is 1. The Hall–Kier alpha value is -2.18. The van der Waals surface area contributed by atoms with Crippen molar-refractivity contribution in [2.24, 2.45) is 11.5 Å². The molecule has 24 heavy (non-hydrogen) atoms. The molecule has 1 aromatic carbocycles. The number of benzene rings is 1. The van der Waals surface area contributed by atoms with E-state index in [0.717, 1.165) is 31.2 Å². The van der Waals surface area contributed by atoms with Crippen LogP contribution in [0.1, 0.15) is 36.0 Å². The van der Waals surface area contributed by atoms with E-state index in [1.807, 2.05) is 6.07 Å². The molecule has 0 spiro atoms. The fourth-order valence-electron chi connectivity index (χ4n) is 2.90. The monoisotopic (exact) mass is 345 g/mol. The zero-order valence-electron chi connectivity index (χ0n) is 13.2. The summed E-state index contributed by atoms with van der Waals surface area (Å²) in [4.78, 5) is 20.1. The van der Waals surface area contributed by atoms with E-state index in [1.54, 1.807) is 24.4 Å². The second-order valence-corrected chi connectivity index (χ2v) is 6.50. The van der Waals surface area contributed by atoms with E-state index in [-0.39, 0.29) is 0 Å². The third kappa shape index (κ3) is 3.83. The van der Waals surface area contributed by atoms with Crippen LogP contribution in [0.3, 0.4) is 0 Å². The Labute approximate surface area is 145 Å². The van der Waals surface area contributed by atoms with Crippen LogP contribution < -0.4 is 16.8 Å². The lowest BCUT2D eigenvalue weighted by Crippen LogP contribution is -2.33. The van der Waals surface area contributed by atoms with Crippen LogP contribution in [-0.4, -0.2) is 28.0 Å². The number of hydrogen-bond donors (Lipinski definition) is 3. The normalized spacial score (nSPS) is 20.6. The summed E-state index contributed by atoms with van der Waals surface area (Å²) in [6.45, 7) is 0. The van der Waals surface area contributed by atoms with Gasteiger partial charge in [0.25, 0.3) is 0 Å². The molecule has 1 amide bonds. The van der Waals surface area contributed by atoms with Crippen molar-refractivity contribution in [3.05, 3.63) is 41.0 Å². The standard InChI is InChI=1S/C17H20ClN5O/c18-14-9-21-17(22-13-6-4-12(19)5-7-13)23-15(14)10-2-1-3-11(8-10)16(20)24/h1-3,8-9,12-13H,4-7,19H2,(H2,20,24)(H,21,22,23)/t12-,13-. The fraction of sp³-hybridized carbons (Fsp3) is 0.353. The van der Waals surface area contributed by atoms with E-state index in [9.17, 15) is 4.79 Å². The molecule has 5 N–H and O–H groups in total. The summed E-state index contributed by atoms with van der Waals surface area (Å²) in [5.74, 6) is 0.0401. The number of nitrogens with one attached hydrogen (secondary N) is 1. The minimum atomic E-state index is -0.487. The number of primary amides is 1. The van der Waals surface area contributed by atoms with E-state index in [0.29, 0.717) is 34.3 Å². The lowest BCUT2D eigenvalue weighted by molar-refractivity contribution is 0.100. The molecule has 1 aromatic heterocycles. The van der Waals surface area contributed by atoms with Crippen LogP contribution in [0, 0.1) is 0 Å². The molecular formula is C17H20ClN5O. The van der Waals surface area contributed by atoms with Gasteiger partial charge in [-0.05, 0) is 37.8 Å². The summed E-state index contributed by atoms with van der Waals surface area (Å²) >= 11 is 6.24. The van der Waals surface area contributed by atoms with Crippen molar-refractivity contribution >= 4 is 23.5 Å². The Morgan fingerprint density at radius 3 is 2.71 bits per heavy atom. The zero-order valence-corrected chi connectivity index (χ0v) is 14.0. The van der Waals surface area contributed by atoms with Gasteiger partial charge in [0, 0.05) is 23.2 Å². The predicted molar refractivity (Wildman–Crippen MR) is 94.9 cm³/mol. The molecule has 0 radical (unpaired) electrons. The van der Waals surface area contributed by atoms with Crippen molar-refractivity contribution in [1.29, 1.82) is 0 Å². The van der Waals surface area contributed by atoms with Gasteiger partial charge < -0.3 is 16.8 Å². The summed E-state index contributed by atoms with van der Waals surface area (Å²) in [5, 5.41) is 3.77. The Morgan fingerprint density at radius 1 is 1.25 bits per heavy atom. The molecule has 126 valence electrons. The van der Waals surface area contributed by atoms with Crippen molar-refractivity contribution in [1.82, 2.24) is 9.97 Å². The van der Waals surface area contributed by atoms with Gasteiger partial charge in [-0.1, -0.05) is 23.7 Å². The predicted octanol–water partition coefficient (Wildman–Crippen LogP) is 2.58. The van der Waals surface area contributed by atoms with Crippen molar-refractivity contribution in [3.8, 4) is 11.3 Å². The van der Waals surface area contributed by atoms with E-state index in [4.69, 9.17) is 23.1 Å². The van der Waals surface area contributed by atoms with Gasteiger partial charge in [-0.25, -0.2) is 9.97 Å². The highest BCUT2D eigenvalue weighted by Gasteiger charge is 2.19. The smallest absolute Gasteiger partial charge is 0.248 e. The van der Waals surface area contributed by atoms with Gasteiger partial charge in [-0.2, -0.15) is 0 Å². The maximum atomic E-state index is 11.4. The number of nitrogens with zero attached hydrogens (tertiary/aromatic N) is 2. The Bertz CT molecular complexity index is 744. The molecule has 3 rings (SSSR count). The number of carbonyl (C=O) groups excluding carboxylic acids is 1. The average molecular weight is 346 g/mol. The number of rotatable bonds is 4. The van der Waals surface area contributed by atoms with E-state index in [2.05, 4.69) is 15.3 Å². The van der Waals surface area contributed by atoms with Crippen LogP contribution in [-0.2, 0) is 0 Å². The SMILES string of the molecule is NC(=O)c1cccc(-c2nc(N[C@H]3CC[C@H](N)CC3)ncc2Cl)c1. The Balaban J connectivity index is 1.84. The van der Waals surface area contributed by atoms with Crippen molar-refractivity contribution < 1.29 is 4.79 Å². The highest BCUT2D eigenvalue weighted by atomic mass is 35.5. The number of anilines is 1. The molecule has 6 nitrogen and oxygen atoms in total. The van der Waals surface area contributed by atoms with Gasteiger partial charge in [0.15, 0.2) is 0 Å². The minimum Gasteiger partial charge on any atom is -0.366 e.